The van der Waals surface area contributed by atoms with Gasteiger partial charge in [0.15, 0.2) is 10.8 Å². The van der Waals surface area contributed by atoms with Gasteiger partial charge in [0.25, 0.3) is 11.5 Å². The number of ether oxygens (including phenoxy) is 2. The average Bonchev–Trinajstić information content (AvgIpc) is 3.18. The Kier molecular flexibility index (Phi) is 3.14. The third-order valence-corrected chi connectivity index (χ3v) is 4.99. The van der Waals surface area contributed by atoms with Crippen molar-refractivity contribution in [3.8, 4) is 12.1 Å². The van der Waals surface area contributed by atoms with Crippen LogP contribution in [0, 0.1) is 43.6 Å². The van der Waals surface area contributed by atoms with Crippen LogP contribution in [-0.4, -0.2) is 30.9 Å². The molecule has 0 amide bonds. The van der Waals surface area contributed by atoms with E-state index in [1.54, 1.807) is 6.07 Å². The molecule has 1 aliphatic heterocycles. The number of amidine groups is 1. The van der Waals surface area contributed by atoms with Gasteiger partial charge < -0.3 is 9.47 Å². The molecule has 24 heavy (non-hydrogen) atoms. The highest BCUT2D eigenvalue weighted by Gasteiger charge is 2.97. The third-order valence-electron chi connectivity index (χ3n) is 4.99. The maximum Gasteiger partial charge on any atom is 0.342 e. The Morgan fingerprint density at radius 3 is 2.50 bits per heavy atom. The van der Waals surface area contributed by atoms with Crippen molar-refractivity contribution in [3.05, 3.63) is 39.9 Å². The largest absolute Gasteiger partial charge is 0.342 e. The van der Waals surface area contributed by atoms with E-state index in [0.717, 1.165) is 0 Å². The van der Waals surface area contributed by atoms with Crippen LogP contribution in [0.2, 0.25) is 0 Å². The molecule has 3 N–H and O–H groups in total. The molecule has 9 heteroatoms. The van der Waals surface area contributed by atoms with Crippen LogP contribution < -0.4 is 10.7 Å². The van der Waals surface area contributed by atoms with Gasteiger partial charge in [0.05, 0.1) is 17.1 Å². The number of hydrogen-bond acceptors (Lipinski definition) is 7. The highest BCUT2D eigenvalue weighted by atomic mass is 16.7. The van der Waals surface area contributed by atoms with Crippen LogP contribution in [0.3, 0.4) is 0 Å². The molecule has 1 saturated carbocycles. The zero-order chi connectivity index (χ0) is 17.8. The lowest BCUT2D eigenvalue weighted by molar-refractivity contribution is -0.687. The van der Waals surface area contributed by atoms with E-state index in [1.807, 2.05) is 0 Å². The Labute approximate surface area is 137 Å². The van der Waals surface area contributed by atoms with Crippen molar-refractivity contribution in [2.45, 2.75) is 11.8 Å². The second-order valence-electron chi connectivity index (χ2n) is 5.69. The topological polar surface area (TPSA) is 149 Å². The smallest absolute Gasteiger partial charge is 0.317 e. The van der Waals surface area contributed by atoms with Crippen molar-refractivity contribution in [2.24, 2.45) is 16.6 Å². The van der Waals surface area contributed by atoms with Crippen molar-refractivity contribution >= 4 is 11.5 Å². The summed E-state index contributed by atoms with van der Waals surface area (Å²) in [6.45, 7) is 0. The first-order valence-corrected chi connectivity index (χ1v) is 6.99. The number of benzene rings is 1. The molecule has 0 unspecified atom stereocenters. The molecule has 122 valence electrons. The summed E-state index contributed by atoms with van der Waals surface area (Å²) in [5.74, 6) is -2.29. The molecule has 2 aliphatic rings. The van der Waals surface area contributed by atoms with Crippen molar-refractivity contribution in [1.29, 1.82) is 10.5 Å². The number of non-ortho nitro benzene ring substituents is 1. The fourth-order valence-corrected chi connectivity index (χ4v) is 3.93. The summed E-state index contributed by atoms with van der Waals surface area (Å²) in [6, 6.07) is 10.0. The SMILES string of the molecule is COC1(OC)[NH+]=C(N)[C@@]2(C#N)[C@H](c3cccc([N+](=O)[O-])c3)[C@@]12C#N. The standard InChI is InChI=1S/C15H13N5O4/c1-23-15(24-2)14(8-17)11(13(14,7-16)12(18)19-15)9-4-3-5-10(6-9)20(21)22/h3-6,11H,1-2H3,(H2,18,19)/p+1/t11-,13+,14+/m0/s1. The van der Waals surface area contributed by atoms with Gasteiger partial charge in [0.2, 0.25) is 0 Å². The van der Waals surface area contributed by atoms with Gasteiger partial charge in [-0.2, -0.15) is 10.5 Å². The number of nitro groups is 1. The van der Waals surface area contributed by atoms with Gasteiger partial charge >= 0.3 is 5.91 Å². The zero-order valence-corrected chi connectivity index (χ0v) is 12.9. The average molecular weight is 328 g/mol. The lowest BCUT2D eigenvalue weighted by Gasteiger charge is -2.26. The van der Waals surface area contributed by atoms with E-state index in [2.05, 4.69) is 17.1 Å². The Balaban J connectivity index is 2.24. The van der Waals surface area contributed by atoms with Crippen molar-refractivity contribution in [1.82, 2.24) is 0 Å². The molecule has 3 rings (SSSR count). The lowest BCUT2D eigenvalue weighted by Crippen LogP contribution is -2.90. The second-order valence-corrected chi connectivity index (χ2v) is 5.69. The van der Waals surface area contributed by atoms with Crippen molar-refractivity contribution in [3.63, 3.8) is 0 Å². The van der Waals surface area contributed by atoms with E-state index < -0.39 is 27.6 Å². The lowest BCUT2D eigenvalue weighted by atomic mass is 9.93. The van der Waals surface area contributed by atoms with Crippen LogP contribution in [0.4, 0.5) is 5.69 Å². The van der Waals surface area contributed by atoms with E-state index >= 15 is 0 Å². The van der Waals surface area contributed by atoms with Crippen LogP contribution in [0.15, 0.2) is 24.3 Å². The molecule has 0 aromatic heterocycles. The number of rotatable bonds is 4. The number of hydrogen-bond donors (Lipinski definition) is 2. The molecule has 1 heterocycles. The summed E-state index contributed by atoms with van der Waals surface area (Å²) < 4.78 is 10.8. The fourth-order valence-electron chi connectivity index (χ4n) is 3.93. The molecule has 3 atom stereocenters. The van der Waals surface area contributed by atoms with Crippen molar-refractivity contribution < 1.29 is 19.4 Å². The number of nitrogens with two attached hydrogens (primary N) is 1. The van der Waals surface area contributed by atoms with E-state index in [0.29, 0.717) is 5.56 Å². The van der Waals surface area contributed by atoms with Gasteiger partial charge in [0.1, 0.15) is 0 Å². The third kappa shape index (κ3) is 1.41. The van der Waals surface area contributed by atoms with Crippen LogP contribution in [0.25, 0.3) is 0 Å². The molecule has 0 bridgehead atoms. The highest BCUT2D eigenvalue weighted by Crippen LogP contribution is 2.78. The Morgan fingerprint density at radius 1 is 1.33 bits per heavy atom. The molecule has 1 fully saturated rings. The monoisotopic (exact) mass is 328 g/mol. The van der Waals surface area contributed by atoms with Gasteiger partial charge in [-0.25, -0.2) is 4.99 Å². The fraction of sp³-hybridized carbons (Fsp3) is 0.400. The maximum atomic E-state index is 11.0. The Hall–Kier alpha value is -3.01. The summed E-state index contributed by atoms with van der Waals surface area (Å²) in [4.78, 5) is 13.3. The van der Waals surface area contributed by atoms with E-state index in [4.69, 9.17) is 15.2 Å². The molecule has 0 spiro atoms. The number of nitrogens with zero attached hydrogens (tertiary/aromatic N) is 3. The van der Waals surface area contributed by atoms with Crippen LogP contribution in [-0.2, 0) is 9.47 Å². The number of fused-ring (bicyclic) bond motifs is 1. The number of methoxy groups -OCH3 is 2. The summed E-state index contributed by atoms with van der Waals surface area (Å²) in [7, 11) is 2.66. The molecule has 1 aliphatic carbocycles. The summed E-state index contributed by atoms with van der Waals surface area (Å²) in [5, 5.41) is 30.7. The van der Waals surface area contributed by atoms with E-state index in [-0.39, 0.29) is 11.5 Å². The molecule has 9 nitrogen and oxygen atoms in total. The zero-order valence-electron chi connectivity index (χ0n) is 12.9. The molecule has 0 radical (unpaired) electrons. The van der Waals surface area contributed by atoms with Crippen LogP contribution >= 0.6 is 0 Å². The molecule has 0 saturated heterocycles. The molecule has 1 aromatic rings. The predicted octanol–water partition coefficient (Wildman–Crippen LogP) is -0.890. The normalized spacial score (nSPS) is 32.2. The Bertz CT molecular complexity index is 850. The second kappa shape index (κ2) is 4.74. The summed E-state index contributed by atoms with van der Waals surface area (Å²) in [6.07, 6.45) is 0. The summed E-state index contributed by atoms with van der Waals surface area (Å²) >= 11 is 0. The number of nitrogens with one attached hydrogen (secondary N) is 1. The predicted molar refractivity (Wildman–Crippen MR) is 78.8 cm³/mol. The van der Waals surface area contributed by atoms with Gasteiger partial charge in [-0.3, -0.25) is 15.8 Å². The highest BCUT2D eigenvalue weighted by molar-refractivity contribution is 5.95. The van der Waals surface area contributed by atoms with E-state index in [1.165, 1.54) is 32.4 Å². The number of nitriles is 2. The number of nitro benzene ring substituents is 1. The quantitative estimate of drug-likeness (QED) is 0.413. The Morgan fingerprint density at radius 2 is 2.00 bits per heavy atom. The van der Waals surface area contributed by atoms with Crippen LogP contribution in [0.5, 0.6) is 0 Å². The van der Waals surface area contributed by atoms with Gasteiger partial charge in [-0.05, 0) is 5.56 Å². The molecular formula is C15H14N5O4+. The van der Waals surface area contributed by atoms with Crippen molar-refractivity contribution in [2.75, 3.05) is 14.2 Å². The molecule has 1 aromatic carbocycles. The van der Waals surface area contributed by atoms with Gasteiger partial charge in [-0.15, -0.1) is 0 Å². The first kappa shape index (κ1) is 15.9. The van der Waals surface area contributed by atoms with Gasteiger partial charge in [0, 0.05) is 32.3 Å². The van der Waals surface area contributed by atoms with Crippen LogP contribution in [0.1, 0.15) is 11.5 Å². The minimum Gasteiger partial charge on any atom is -0.317 e. The maximum absolute atomic E-state index is 11.0. The van der Waals surface area contributed by atoms with Gasteiger partial charge in [-0.1, -0.05) is 12.1 Å². The first-order chi connectivity index (χ1) is 11.4. The first-order valence-electron chi connectivity index (χ1n) is 6.99. The minimum absolute atomic E-state index is 0.0479. The summed E-state index contributed by atoms with van der Waals surface area (Å²) in [5.41, 5.74) is 3.48. The minimum atomic E-state index is -1.61. The molecular weight excluding hydrogens is 314 g/mol. The van der Waals surface area contributed by atoms with E-state index in [9.17, 15) is 20.6 Å².